The average molecular weight is 458 g/mol. The second kappa shape index (κ2) is 9.75. The number of nitrogens with one attached hydrogen (secondary N) is 2. The fraction of sp³-hybridized carbons (Fsp3) is 0.348. The molecule has 31 heavy (non-hydrogen) atoms. The van der Waals surface area contributed by atoms with Crippen molar-refractivity contribution in [1.29, 1.82) is 0 Å². The number of carbonyl (C=O) groups excluding carboxylic acids is 3. The SMILES string of the molecule is O=C(NC1CC1)c1ccc(NC(=O)c2ccccc2SCC(=O)N2CCCC2)cc1Cl. The number of carbonyl (C=O) groups is 3. The molecule has 6 nitrogen and oxygen atoms in total. The number of halogens is 1. The first kappa shape index (κ1) is 21.7. The van der Waals surface area contributed by atoms with Gasteiger partial charge in [-0.1, -0.05) is 23.7 Å². The predicted octanol–water partition coefficient (Wildman–Crippen LogP) is 4.20. The summed E-state index contributed by atoms with van der Waals surface area (Å²) in [5, 5.41) is 6.03. The van der Waals surface area contributed by atoms with Crippen molar-refractivity contribution >= 4 is 46.8 Å². The van der Waals surface area contributed by atoms with Crippen molar-refractivity contribution in [2.45, 2.75) is 36.6 Å². The Kier molecular flexibility index (Phi) is 6.83. The van der Waals surface area contributed by atoms with Crippen LogP contribution in [0.4, 0.5) is 5.69 Å². The number of thioether (sulfide) groups is 1. The number of rotatable bonds is 7. The maximum Gasteiger partial charge on any atom is 0.256 e. The predicted molar refractivity (Wildman–Crippen MR) is 123 cm³/mol. The lowest BCUT2D eigenvalue weighted by Crippen LogP contribution is -2.29. The van der Waals surface area contributed by atoms with Crippen LogP contribution in [0.1, 0.15) is 46.4 Å². The van der Waals surface area contributed by atoms with Crippen molar-refractivity contribution in [3.63, 3.8) is 0 Å². The first-order valence-electron chi connectivity index (χ1n) is 10.4. The lowest BCUT2D eigenvalue weighted by atomic mass is 10.1. The normalized spacial score (nSPS) is 15.6. The molecule has 4 rings (SSSR count). The molecule has 0 unspecified atom stereocenters. The Morgan fingerprint density at radius 2 is 1.74 bits per heavy atom. The second-order valence-electron chi connectivity index (χ2n) is 7.77. The van der Waals surface area contributed by atoms with Gasteiger partial charge in [0.05, 0.1) is 21.9 Å². The molecule has 3 amide bonds. The third-order valence-corrected chi connectivity index (χ3v) is 6.70. The molecule has 2 aromatic carbocycles. The number of nitrogens with zero attached hydrogens (tertiary/aromatic N) is 1. The van der Waals surface area contributed by atoms with Gasteiger partial charge in [-0.2, -0.15) is 0 Å². The zero-order chi connectivity index (χ0) is 21.8. The molecule has 2 fully saturated rings. The summed E-state index contributed by atoms with van der Waals surface area (Å²) in [6.07, 6.45) is 4.11. The van der Waals surface area contributed by atoms with Crippen LogP contribution in [0, 0.1) is 0 Å². The minimum atomic E-state index is -0.289. The van der Waals surface area contributed by atoms with Gasteiger partial charge in [-0.15, -0.1) is 11.8 Å². The molecule has 1 aliphatic carbocycles. The van der Waals surface area contributed by atoms with E-state index in [0.717, 1.165) is 43.7 Å². The van der Waals surface area contributed by atoms with Crippen LogP contribution < -0.4 is 10.6 Å². The van der Waals surface area contributed by atoms with E-state index in [-0.39, 0.29) is 28.8 Å². The number of likely N-dealkylation sites (tertiary alicyclic amines) is 1. The number of hydrogen-bond donors (Lipinski definition) is 2. The van der Waals surface area contributed by atoms with Crippen LogP contribution in [0.25, 0.3) is 0 Å². The van der Waals surface area contributed by atoms with E-state index in [9.17, 15) is 14.4 Å². The van der Waals surface area contributed by atoms with Crippen molar-refractivity contribution in [2.24, 2.45) is 0 Å². The highest BCUT2D eigenvalue weighted by atomic mass is 35.5. The first-order valence-corrected chi connectivity index (χ1v) is 11.8. The van der Waals surface area contributed by atoms with Gasteiger partial charge in [0.15, 0.2) is 0 Å². The Labute approximate surface area is 190 Å². The van der Waals surface area contributed by atoms with Gasteiger partial charge < -0.3 is 15.5 Å². The molecule has 2 aliphatic rings. The first-order chi connectivity index (χ1) is 15.0. The van der Waals surface area contributed by atoms with Crippen LogP contribution in [-0.2, 0) is 4.79 Å². The second-order valence-corrected chi connectivity index (χ2v) is 9.19. The standard InChI is InChI=1S/C23H24ClN3O3S/c24-19-13-16(9-10-17(19)22(29)25-15-7-8-15)26-23(30)18-5-1-2-6-20(18)31-14-21(28)27-11-3-4-12-27/h1-2,5-6,9-10,13,15H,3-4,7-8,11-12,14H2,(H,25,29)(H,26,30). The van der Waals surface area contributed by atoms with Gasteiger partial charge in [0.25, 0.3) is 11.8 Å². The van der Waals surface area contributed by atoms with Gasteiger partial charge in [-0.05, 0) is 56.0 Å². The average Bonchev–Trinajstić information content (AvgIpc) is 3.39. The highest BCUT2D eigenvalue weighted by Gasteiger charge is 2.25. The summed E-state index contributed by atoms with van der Waals surface area (Å²) in [6.45, 7) is 1.63. The Morgan fingerprint density at radius 3 is 2.45 bits per heavy atom. The Morgan fingerprint density at radius 1 is 1.00 bits per heavy atom. The third-order valence-electron chi connectivity index (χ3n) is 5.33. The minimum Gasteiger partial charge on any atom is -0.349 e. The molecule has 0 spiro atoms. The summed E-state index contributed by atoms with van der Waals surface area (Å²) in [5.41, 5.74) is 1.39. The fourth-order valence-electron chi connectivity index (χ4n) is 3.44. The van der Waals surface area contributed by atoms with Gasteiger partial charge in [0.2, 0.25) is 5.91 Å². The number of hydrogen-bond acceptors (Lipinski definition) is 4. The lowest BCUT2D eigenvalue weighted by molar-refractivity contribution is -0.127. The maximum atomic E-state index is 12.9. The van der Waals surface area contributed by atoms with E-state index in [2.05, 4.69) is 10.6 Å². The summed E-state index contributed by atoms with van der Waals surface area (Å²) >= 11 is 7.65. The Balaban J connectivity index is 1.40. The quantitative estimate of drug-likeness (QED) is 0.611. The summed E-state index contributed by atoms with van der Waals surface area (Å²) in [4.78, 5) is 40.1. The fourth-order valence-corrected chi connectivity index (χ4v) is 4.66. The van der Waals surface area contributed by atoms with Gasteiger partial charge in [0, 0.05) is 29.7 Å². The molecule has 0 atom stereocenters. The van der Waals surface area contributed by atoms with Crippen molar-refractivity contribution in [2.75, 3.05) is 24.2 Å². The van der Waals surface area contributed by atoms with Crippen LogP contribution in [0.3, 0.4) is 0 Å². The van der Waals surface area contributed by atoms with E-state index in [0.29, 0.717) is 22.6 Å². The molecular formula is C23H24ClN3O3S. The number of benzene rings is 2. The molecule has 2 aromatic rings. The molecule has 2 N–H and O–H groups in total. The zero-order valence-corrected chi connectivity index (χ0v) is 18.6. The molecule has 1 heterocycles. The van der Waals surface area contributed by atoms with E-state index in [1.54, 1.807) is 30.3 Å². The largest absolute Gasteiger partial charge is 0.349 e. The molecule has 162 valence electrons. The van der Waals surface area contributed by atoms with Crippen molar-refractivity contribution in [3.05, 3.63) is 58.6 Å². The summed E-state index contributed by atoms with van der Waals surface area (Å²) in [7, 11) is 0. The van der Waals surface area contributed by atoms with E-state index >= 15 is 0 Å². The molecule has 1 saturated heterocycles. The third kappa shape index (κ3) is 5.60. The van der Waals surface area contributed by atoms with Crippen molar-refractivity contribution in [3.8, 4) is 0 Å². The molecule has 0 radical (unpaired) electrons. The van der Waals surface area contributed by atoms with Gasteiger partial charge in [-0.3, -0.25) is 14.4 Å². The van der Waals surface area contributed by atoms with Crippen LogP contribution in [0.2, 0.25) is 5.02 Å². The molecule has 0 bridgehead atoms. The zero-order valence-electron chi connectivity index (χ0n) is 17.0. The number of amides is 3. The topological polar surface area (TPSA) is 78.5 Å². The monoisotopic (exact) mass is 457 g/mol. The molecule has 0 aromatic heterocycles. The van der Waals surface area contributed by atoms with E-state index < -0.39 is 0 Å². The van der Waals surface area contributed by atoms with Crippen LogP contribution >= 0.6 is 23.4 Å². The van der Waals surface area contributed by atoms with Crippen LogP contribution in [0.5, 0.6) is 0 Å². The highest BCUT2D eigenvalue weighted by Crippen LogP contribution is 2.27. The molecule has 1 aliphatic heterocycles. The highest BCUT2D eigenvalue weighted by molar-refractivity contribution is 8.00. The summed E-state index contributed by atoms with van der Waals surface area (Å²) in [5.74, 6) is -0.0803. The van der Waals surface area contributed by atoms with Gasteiger partial charge in [0.1, 0.15) is 0 Å². The van der Waals surface area contributed by atoms with E-state index in [1.807, 2.05) is 17.0 Å². The summed E-state index contributed by atoms with van der Waals surface area (Å²) < 4.78 is 0. The maximum absolute atomic E-state index is 12.9. The summed E-state index contributed by atoms with van der Waals surface area (Å²) in [6, 6.07) is 12.3. The van der Waals surface area contributed by atoms with E-state index in [4.69, 9.17) is 11.6 Å². The molecular weight excluding hydrogens is 434 g/mol. The van der Waals surface area contributed by atoms with Crippen molar-refractivity contribution in [1.82, 2.24) is 10.2 Å². The van der Waals surface area contributed by atoms with Crippen LogP contribution in [0.15, 0.2) is 47.4 Å². The van der Waals surface area contributed by atoms with Crippen LogP contribution in [-0.4, -0.2) is 47.5 Å². The van der Waals surface area contributed by atoms with Gasteiger partial charge in [-0.25, -0.2) is 0 Å². The van der Waals surface area contributed by atoms with Gasteiger partial charge >= 0.3 is 0 Å². The Hall–Kier alpha value is -2.51. The molecule has 1 saturated carbocycles. The lowest BCUT2D eigenvalue weighted by Gasteiger charge is -2.15. The number of anilines is 1. The minimum absolute atomic E-state index is 0.101. The van der Waals surface area contributed by atoms with E-state index in [1.165, 1.54) is 11.8 Å². The Bertz CT molecular complexity index is 1000. The van der Waals surface area contributed by atoms with Crippen molar-refractivity contribution < 1.29 is 14.4 Å². The smallest absolute Gasteiger partial charge is 0.256 e. The molecule has 8 heteroatoms.